The van der Waals surface area contributed by atoms with E-state index >= 15 is 0 Å². The van der Waals surface area contributed by atoms with Crippen LogP contribution in [0.3, 0.4) is 0 Å². The van der Waals surface area contributed by atoms with Crippen LogP contribution < -0.4 is 20.1 Å². The molecule has 6 nitrogen and oxygen atoms in total. The first-order valence-electron chi connectivity index (χ1n) is 13.7. The van der Waals surface area contributed by atoms with Crippen molar-refractivity contribution < 1.29 is 14.3 Å². The van der Waals surface area contributed by atoms with Crippen LogP contribution in [0.25, 0.3) is 0 Å². The Morgan fingerprint density at radius 3 is 2.26 bits per heavy atom. The first-order valence-corrected chi connectivity index (χ1v) is 13.7. The molecule has 6 heteroatoms. The Bertz CT molecular complexity index is 1160. The molecule has 0 aliphatic carbocycles. The van der Waals surface area contributed by atoms with Crippen molar-refractivity contribution in [3.8, 4) is 11.5 Å². The zero-order valence-corrected chi connectivity index (χ0v) is 22.6. The van der Waals surface area contributed by atoms with Gasteiger partial charge in [-0.3, -0.25) is 9.69 Å². The molecule has 2 N–H and O–H groups in total. The van der Waals surface area contributed by atoms with Gasteiger partial charge in [0.2, 0.25) is 5.91 Å². The van der Waals surface area contributed by atoms with Gasteiger partial charge >= 0.3 is 0 Å². The van der Waals surface area contributed by atoms with Crippen LogP contribution in [0.5, 0.6) is 11.5 Å². The summed E-state index contributed by atoms with van der Waals surface area (Å²) in [6.45, 7) is 5.07. The molecule has 3 saturated heterocycles. The van der Waals surface area contributed by atoms with E-state index in [-0.39, 0.29) is 35.7 Å². The molecule has 2 bridgehead atoms. The van der Waals surface area contributed by atoms with Crippen molar-refractivity contribution in [2.45, 2.75) is 37.9 Å². The molecule has 3 fully saturated rings. The minimum atomic E-state index is -0.0307. The molecule has 0 saturated carbocycles. The van der Waals surface area contributed by atoms with Gasteiger partial charge in [-0.05, 0) is 55.1 Å². The van der Waals surface area contributed by atoms with E-state index in [1.807, 2.05) is 25.1 Å². The van der Waals surface area contributed by atoms with Crippen LogP contribution in [0, 0.1) is 11.8 Å². The highest BCUT2D eigenvalue weighted by molar-refractivity contribution is 5.79. The zero-order chi connectivity index (χ0) is 26.5. The van der Waals surface area contributed by atoms with Crippen LogP contribution in [-0.4, -0.2) is 56.7 Å². The molecule has 3 aliphatic heterocycles. The van der Waals surface area contributed by atoms with Crippen molar-refractivity contribution in [3.63, 3.8) is 0 Å². The minimum absolute atomic E-state index is 0.0307. The third-order valence-electron chi connectivity index (χ3n) is 8.31. The number of benzene rings is 3. The number of nitrogens with zero attached hydrogens (tertiary/aromatic N) is 1. The van der Waals surface area contributed by atoms with Gasteiger partial charge in [-0.25, -0.2) is 0 Å². The second-order valence-electron chi connectivity index (χ2n) is 10.3. The van der Waals surface area contributed by atoms with Gasteiger partial charge in [-0.2, -0.15) is 0 Å². The molecule has 0 aromatic heterocycles. The van der Waals surface area contributed by atoms with E-state index in [1.54, 1.807) is 14.2 Å². The smallest absolute Gasteiger partial charge is 0.224 e. The molecule has 6 rings (SSSR count). The van der Waals surface area contributed by atoms with E-state index < -0.39 is 0 Å². The Morgan fingerprint density at radius 2 is 1.66 bits per heavy atom. The SMILES string of the molecule is CCNC(=O)C1CN2CCC1C(NCc1cc(OC)ccc1OC)C2C(c1ccccc1)c1ccccc1. The van der Waals surface area contributed by atoms with Crippen LogP contribution in [0.1, 0.15) is 36.0 Å². The molecule has 38 heavy (non-hydrogen) atoms. The predicted octanol–water partition coefficient (Wildman–Crippen LogP) is 4.45. The molecule has 200 valence electrons. The van der Waals surface area contributed by atoms with Crippen molar-refractivity contribution >= 4 is 5.91 Å². The van der Waals surface area contributed by atoms with Crippen LogP contribution in [0.2, 0.25) is 0 Å². The maximum absolute atomic E-state index is 13.2. The summed E-state index contributed by atoms with van der Waals surface area (Å²) < 4.78 is 11.2. The fourth-order valence-corrected chi connectivity index (χ4v) is 6.60. The summed E-state index contributed by atoms with van der Waals surface area (Å²) in [7, 11) is 3.39. The second kappa shape index (κ2) is 12.0. The van der Waals surface area contributed by atoms with Crippen molar-refractivity contribution in [1.82, 2.24) is 15.5 Å². The highest BCUT2D eigenvalue weighted by Gasteiger charge is 2.52. The number of nitrogens with one attached hydrogen (secondary N) is 2. The fraction of sp³-hybridized carbons (Fsp3) is 0.406. The van der Waals surface area contributed by atoms with Crippen LogP contribution in [-0.2, 0) is 11.3 Å². The minimum Gasteiger partial charge on any atom is -0.497 e. The number of rotatable bonds is 10. The average Bonchev–Trinajstić information content (AvgIpc) is 2.98. The van der Waals surface area contributed by atoms with Gasteiger partial charge in [0.1, 0.15) is 11.5 Å². The third kappa shape index (κ3) is 5.29. The summed E-state index contributed by atoms with van der Waals surface area (Å²) in [4.78, 5) is 15.8. The maximum Gasteiger partial charge on any atom is 0.224 e. The Labute approximate surface area is 226 Å². The molecular formula is C32H39N3O3. The van der Waals surface area contributed by atoms with Gasteiger partial charge < -0.3 is 20.1 Å². The lowest BCUT2D eigenvalue weighted by Gasteiger charge is -2.56. The predicted molar refractivity (Wildman–Crippen MR) is 151 cm³/mol. The van der Waals surface area contributed by atoms with Gasteiger partial charge in [0.15, 0.2) is 0 Å². The van der Waals surface area contributed by atoms with Crippen molar-refractivity contribution in [3.05, 3.63) is 95.6 Å². The Hall–Kier alpha value is -3.35. The zero-order valence-electron chi connectivity index (χ0n) is 22.6. The fourth-order valence-electron chi connectivity index (χ4n) is 6.60. The Balaban J connectivity index is 1.54. The number of piperidine rings is 3. The highest BCUT2D eigenvalue weighted by atomic mass is 16.5. The molecule has 0 radical (unpaired) electrons. The summed E-state index contributed by atoms with van der Waals surface area (Å²) in [6, 6.07) is 27.9. The number of fused-ring (bicyclic) bond motifs is 3. The van der Waals surface area contributed by atoms with E-state index in [0.29, 0.717) is 13.1 Å². The van der Waals surface area contributed by atoms with Crippen molar-refractivity contribution in [2.75, 3.05) is 33.9 Å². The molecule has 5 atom stereocenters. The van der Waals surface area contributed by atoms with Crippen LogP contribution >= 0.6 is 0 Å². The summed E-state index contributed by atoms with van der Waals surface area (Å²) >= 11 is 0. The molecule has 3 aliphatic rings. The number of carbonyl (C=O) groups excluding carboxylic acids is 1. The van der Waals surface area contributed by atoms with E-state index in [0.717, 1.165) is 36.6 Å². The normalized spacial score (nSPS) is 24.3. The second-order valence-corrected chi connectivity index (χ2v) is 10.3. The maximum atomic E-state index is 13.2. The number of ether oxygens (including phenoxy) is 2. The van der Waals surface area contributed by atoms with E-state index in [1.165, 1.54) is 11.1 Å². The Morgan fingerprint density at radius 1 is 0.974 bits per heavy atom. The molecule has 1 amide bonds. The molecule has 3 aromatic carbocycles. The first-order chi connectivity index (χ1) is 18.6. The lowest BCUT2D eigenvalue weighted by molar-refractivity contribution is -0.135. The van der Waals surface area contributed by atoms with Gasteiger partial charge in [0.05, 0.1) is 20.1 Å². The van der Waals surface area contributed by atoms with E-state index in [9.17, 15) is 4.79 Å². The molecule has 3 aromatic rings. The monoisotopic (exact) mass is 513 g/mol. The van der Waals surface area contributed by atoms with E-state index in [4.69, 9.17) is 9.47 Å². The van der Waals surface area contributed by atoms with E-state index in [2.05, 4.69) is 76.2 Å². The van der Waals surface area contributed by atoms with Crippen molar-refractivity contribution in [2.24, 2.45) is 11.8 Å². The molecule has 0 spiro atoms. The molecule has 5 unspecified atom stereocenters. The first kappa shape index (κ1) is 26.3. The number of hydrogen-bond acceptors (Lipinski definition) is 5. The number of carbonyl (C=O) groups is 1. The van der Waals surface area contributed by atoms with Gasteiger partial charge in [-0.1, -0.05) is 60.7 Å². The summed E-state index contributed by atoms with van der Waals surface area (Å²) in [5, 5.41) is 7.04. The average molecular weight is 514 g/mol. The van der Waals surface area contributed by atoms with Crippen LogP contribution in [0.4, 0.5) is 0 Å². The number of hydrogen-bond donors (Lipinski definition) is 2. The number of methoxy groups -OCH3 is 2. The largest absolute Gasteiger partial charge is 0.497 e. The summed E-state index contributed by atoms with van der Waals surface area (Å²) in [5.41, 5.74) is 3.65. The Kier molecular flexibility index (Phi) is 8.30. The number of amides is 1. The quantitative estimate of drug-likeness (QED) is 0.420. The van der Waals surface area contributed by atoms with Crippen LogP contribution in [0.15, 0.2) is 78.9 Å². The molecular weight excluding hydrogens is 474 g/mol. The highest BCUT2D eigenvalue weighted by Crippen LogP contribution is 2.44. The summed E-state index contributed by atoms with van der Waals surface area (Å²) in [5.74, 6) is 2.20. The summed E-state index contributed by atoms with van der Waals surface area (Å²) in [6.07, 6.45) is 1.00. The molecule has 3 heterocycles. The third-order valence-corrected chi connectivity index (χ3v) is 8.31. The van der Waals surface area contributed by atoms with Gasteiger partial charge in [0.25, 0.3) is 0 Å². The van der Waals surface area contributed by atoms with Crippen molar-refractivity contribution in [1.29, 1.82) is 0 Å². The topological polar surface area (TPSA) is 62.8 Å². The standard InChI is InChI=1S/C32H39N3O3/c1-4-33-32(36)27-21-35-18-17-26(27)30(34-20-24-19-25(37-2)15-16-28(24)38-3)31(35)29(22-11-7-5-8-12-22)23-13-9-6-10-14-23/h5-16,19,26-27,29-31,34H,4,17-18,20-21H2,1-3H3,(H,33,36). The lowest BCUT2D eigenvalue weighted by Crippen LogP contribution is -2.69. The van der Waals surface area contributed by atoms with Gasteiger partial charge in [-0.15, -0.1) is 0 Å². The van der Waals surface area contributed by atoms with Gasteiger partial charge in [0, 0.05) is 43.2 Å². The lowest BCUT2D eigenvalue weighted by atomic mass is 9.66.